The van der Waals surface area contributed by atoms with Gasteiger partial charge in [0, 0.05) is 6.42 Å². The van der Waals surface area contributed by atoms with Gasteiger partial charge in [0.25, 0.3) is 0 Å². The highest BCUT2D eigenvalue weighted by Crippen LogP contribution is 2.17. The Bertz CT molecular complexity index is 286. The quantitative estimate of drug-likeness (QED) is 0.668. The molecule has 1 aromatic carbocycles. The Kier molecular flexibility index (Phi) is 3.22. The summed E-state index contributed by atoms with van der Waals surface area (Å²) in [6.45, 7) is 3.96. The average Bonchev–Trinajstić information content (AvgIpc) is 2.09. The van der Waals surface area contributed by atoms with E-state index in [9.17, 15) is 4.39 Å². The molecule has 72 valence electrons. The van der Waals surface area contributed by atoms with E-state index in [1.807, 2.05) is 19.9 Å². The van der Waals surface area contributed by atoms with Gasteiger partial charge in [-0.25, -0.2) is 4.39 Å². The van der Waals surface area contributed by atoms with E-state index in [2.05, 4.69) is 0 Å². The van der Waals surface area contributed by atoms with E-state index < -0.39 is 0 Å². The van der Waals surface area contributed by atoms with Crippen molar-refractivity contribution in [2.24, 2.45) is 0 Å². The minimum Gasteiger partial charge on any atom is -0.423 e. The molecule has 0 aromatic heterocycles. The van der Waals surface area contributed by atoms with Crippen LogP contribution in [-0.4, -0.2) is 16.1 Å². The third kappa shape index (κ3) is 2.93. The molecule has 0 spiro atoms. The smallest absolute Gasteiger partial charge is 0.146 e. The summed E-state index contributed by atoms with van der Waals surface area (Å²) in [6, 6.07) is 6.84. The molecule has 0 amide bonds. The molecule has 1 rings (SSSR count). The van der Waals surface area contributed by atoms with E-state index >= 15 is 0 Å². The normalized spacial score (nSPS) is 11.9. The third-order valence-electron chi connectivity index (χ3n) is 2.13. The molecule has 0 radical (unpaired) electrons. The number of rotatable bonds is 3. The van der Waals surface area contributed by atoms with E-state index in [1.54, 1.807) is 12.1 Å². The largest absolute Gasteiger partial charge is 0.423 e. The van der Waals surface area contributed by atoms with E-state index in [0.29, 0.717) is 16.9 Å². The molecule has 0 saturated heterocycles. The SMILES string of the molecule is CC(C)(Cc1ccccc1F)O[SiH3]. The van der Waals surface area contributed by atoms with Crippen LogP contribution < -0.4 is 0 Å². The molecule has 0 N–H and O–H groups in total. The fraction of sp³-hybridized carbons (Fsp3) is 0.400. The fourth-order valence-electron chi connectivity index (χ4n) is 1.17. The molecule has 0 atom stereocenters. The molecule has 0 saturated carbocycles. The predicted octanol–water partition coefficient (Wildman–Crippen LogP) is 1.44. The minimum absolute atomic E-state index is 0.144. The van der Waals surface area contributed by atoms with Crippen LogP contribution in [0.1, 0.15) is 19.4 Å². The van der Waals surface area contributed by atoms with Crippen molar-refractivity contribution in [1.82, 2.24) is 0 Å². The van der Waals surface area contributed by atoms with E-state index in [-0.39, 0.29) is 11.4 Å². The van der Waals surface area contributed by atoms with Gasteiger partial charge >= 0.3 is 0 Å². The van der Waals surface area contributed by atoms with Crippen LogP contribution >= 0.6 is 0 Å². The average molecular weight is 198 g/mol. The fourth-order valence-corrected chi connectivity index (χ4v) is 1.32. The van der Waals surface area contributed by atoms with Gasteiger partial charge in [-0.1, -0.05) is 18.2 Å². The Hall–Kier alpha value is -0.673. The Morgan fingerprint density at radius 1 is 1.38 bits per heavy atom. The molecule has 13 heavy (non-hydrogen) atoms. The van der Waals surface area contributed by atoms with Crippen LogP contribution in [0.3, 0.4) is 0 Å². The molecular formula is C10H15FOSi. The van der Waals surface area contributed by atoms with Gasteiger partial charge in [-0.3, -0.25) is 0 Å². The Morgan fingerprint density at radius 2 is 2.00 bits per heavy atom. The lowest BCUT2D eigenvalue weighted by Crippen LogP contribution is -2.26. The van der Waals surface area contributed by atoms with Crippen molar-refractivity contribution < 1.29 is 8.82 Å². The van der Waals surface area contributed by atoms with Gasteiger partial charge in [-0.2, -0.15) is 0 Å². The van der Waals surface area contributed by atoms with Gasteiger partial charge in [-0.05, 0) is 25.5 Å². The van der Waals surface area contributed by atoms with Crippen LogP contribution in [-0.2, 0) is 10.8 Å². The molecule has 0 bridgehead atoms. The summed E-state index contributed by atoms with van der Waals surface area (Å²) in [6.07, 6.45) is 0.628. The summed E-state index contributed by atoms with van der Waals surface area (Å²) < 4.78 is 18.6. The second-order valence-corrected chi connectivity index (χ2v) is 4.14. The van der Waals surface area contributed by atoms with Crippen LogP contribution in [0.5, 0.6) is 0 Å². The minimum atomic E-state index is -0.242. The van der Waals surface area contributed by atoms with Crippen LogP contribution in [0.2, 0.25) is 0 Å². The first kappa shape index (κ1) is 10.4. The lowest BCUT2D eigenvalue weighted by molar-refractivity contribution is 0.123. The second kappa shape index (κ2) is 4.02. The van der Waals surface area contributed by atoms with Crippen molar-refractivity contribution in [3.63, 3.8) is 0 Å². The number of benzene rings is 1. The van der Waals surface area contributed by atoms with Crippen molar-refractivity contribution in [2.45, 2.75) is 25.9 Å². The zero-order chi connectivity index (χ0) is 9.90. The van der Waals surface area contributed by atoms with Crippen molar-refractivity contribution in [1.29, 1.82) is 0 Å². The molecule has 0 unspecified atom stereocenters. The summed E-state index contributed by atoms with van der Waals surface area (Å²) in [7, 11) is 0.684. The van der Waals surface area contributed by atoms with Gasteiger partial charge in [0.05, 0.1) is 5.60 Å². The molecule has 0 aliphatic rings. The van der Waals surface area contributed by atoms with Crippen LogP contribution in [0.4, 0.5) is 4.39 Å². The topological polar surface area (TPSA) is 9.23 Å². The highest BCUT2D eigenvalue weighted by atomic mass is 28.2. The summed E-state index contributed by atoms with van der Waals surface area (Å²) in [5.41, 5.74) is 0.484. The lowest BCUT2D eigenvalue weighted by Gasteiger charge is -2.23. The molecule has 1 aromatic rings. The van der Waals surface area contributed by atoms with E-state index in [4.69, 9.17) is 4.43 Å². The highest BCUT2D eigenvalue weighted by molar-refractivity contribution is 5.98. The summed E-state index contributed by atoms with van der Waals surface area (Å²) in [4.78, 5) is 0. The van der Waals surface area contributed by atoms with Crippen molar-refractivity contribution in [3.8, 4) is 0 Å². The second-order valence-electron chi connectivity index (χ2n) is 3.73. The van der Waals surface area contributed by atoms with E-state index in [0.717, 1.165) is 5.56 Å². The molecular weight excluding hydrogens is 183 g/mol. The molecule has 0 aliphatic heterocycles. The first-order valence-corrected chi connectivity index (χ1v) is 5.15. The lowest BCUT2D eigenvalue weighted by atomic mass is 9.98. The zero-order valence-electron chi connectivity index (χ0n) is 8.30. The molecule has 0 aliphatic carbocycles. The Morgan fingerprint density at radius 3 is 2.54 bits per heavy atom. The van der Waals surface area contributed by atoms with Gasteiger partial charge in [-0.15, -0.1) is 0 Å². The Labute approximate surface area is 81.5 Å². The van der Waals surface area contributed by atoms with Gasteiger partial charge in [0.1, 0.15) is 16.3 Å². The van der Waals surface area contributed by atoms with Crippen LogP contribution in [0.25, 0.3) is 0 Å². The zero-order valence-corrected chi connectivity index (χ0v) is 10.3. The first-order valence-electron chi connectivity index (χ1n) is 4.34. The maximum atomic E-state index is 13.2. The standard InChI is InChI=1S/C10H15FOSi/c1-10(2,12-13)7-8-5-3-4-6-9(8)11/h3-6H,7H2,1-2,13H3. The highest BCUT2D eigenvalue weighted by Gasteiger charge is 2.17. The maximum Gasteiger partial charge on any atom is 0.146 e. The molecule has 0 fully saturated rings. The van der Waals surface area contributed by atoms with Crippen LogP contribution in [0.15, 0.2) is 24.3 Å². The Balaban J connectivity index is 2.80. The van der Waals surface area contributed by atoms with Crippen molar-refractivity contribution in [3.05, 3.63) is 35.6 Å². The van der Waals surface area contributed by atoms with Crippen molar-refractivity contribution >= 4 is 10.5 Å². The summed E-state index contributed by atoms with van der Waals surface area (Å²) in [5.74, 6) is -0.144. The third-order valence-corrected chi connectivity index (χ3v) is 3.23. The molecule has 1 nitrogen and oxygen atoms in total. The van der Waals surface area contributed by atoms with Crippen molar-refractivity contribution in [2.75, 3.05) is 0 Å². The van der Waals surface area contributed by atoms with Gasteiger partial charge < -0.3 is 4.43 Å². The van der Waals surface area contributed by atoms with Gasteiger partial charge in [0.15, 0.2) is 0 Å². The molecule has 3 heteroatoms. The summed E-state index contributed by atoms with van der Waals surface area (Å²) >= 11 is 0. The number of hydrogen-bond acceptors (Lipinski definition) is 1. The molecule has 0 heterocycles. The van der Waals surface area contributed by atoms with E-state index in [1.165, 1.54) is 6.07 Å². The predicted molar refractivity (Wildman–Crippen MR) is 55.2 cm³/mol. The van der Waals surface area contributed by atoms with Gasteiger partial charge in [0.2, 0.25) is 0 Å². The first-order chi connectivity index (χ1) is 6.05. The van der Waals surface area contributed by atoms with Crippen LogP contribution in [0, 0.1) is 5.82 Å². The maximum absolute atomic E-state index is 13.2. The monoisotopic (exact) mass is 198 g/mol. The number of hydrogen-bond donors (Lipinski definition) is 0. The number of halogens is 1. The summed E-state index contributed by atoms with van der Waals surface area (Å²) in [5, 5.41) is 0.